The predicted octanol–water partition coefficient (Wildman–Crippen LogP) is 2.64. The fraction of sp³-hybridized carbons (Fsp3) is 0.429. The lowest BCUT2D eigenvalue weighted by Crippen LogP contribution is -2.21. The normalized spacial score (nSPS) is 12.6. The van der Waals surface area contributed by atoms with Crippen LogP contribution in [0.25, 0.3) is 5.69 Å². The lowest BCUT2D eigenvalue weighted by molar-refractivity contribution is 0.524. The van der Waals surface area contributed by atoms with Gasteiger partial charge in [-0.2, -0.15) is 5.10 Å². The minimum atomic E-state index is 0.336. The summed E-state index contributed by atoms with van der Waals surface area (Å²) in [7, 11) is 0. The Hall–Kier alpha value is -1.68. The van der Waals surface area contributed by atoms with Crippen LogP contribution in [0.5, 0.6) is 0 Å². The molecule has 0 aliphatic carbocycles. The van der Waals surface area contributed by atoms with Crippen LogP contribution in [-0.2, 0) is 0 Å². The highest BCUT2D eigenvalue weighted by molar-refractivity contribution is 5.30. The van der Waals surface area contributed by atoms with Crippen LogP contribution >= 0.6 is 0 Å². The molecule has 96 valence electrons. The van der Waals surface area contributed by atoms with Crippen molar-refractivity contribution in [1.29, 1.82) is 0 Å². The number of pyridine rings is 1. The van der Waals surface area contributed by atoms with Gasteiger partial charge in [0.25, 0.3) is 0 Å². The van der Waals surface area contributed by atoms with Gasteiger partial charge in [-0.05, 0) is 37.6 Å². The van der Waals surface area contributed by atoms with Crippen LogP contribution in [0.4, 0.5) is 0 Å². The summed E-state index contributed by atoms with van der Waals surface area (Å²) in [6.45, 7) is 7.27. The molecular formula is C14H20N4. The van der Waals surface area contributed by atoms with Gasteiger partial charge < -0.3 is 5.32 Å². The zero-order chi connectivity index (χ0) is 13.0. The summed E-state index contributed by atoms with van der Waals surface area (Å²) < 4.78 is 1.85. The van der Waals surface area contributed by atoms with Crippen molar-refractivity contribution in [3.8, 4) is 5.69 Å². The van der Waals surface area contributed by atoms with Crippen molar-refractivity contribution in [2.75, 3.05) is 6.54 Å². The highest BCUT2D eigenvalue weighted by Crippen LogP contribution is 2.15. The molecule has 2 aromatic heterocycles. The number of aromatic nitrogens is 3. The fourth-order valence-electron chi connectivity index (χ4n) is 2.00. The molecule has 0 aliphatic rings. The Morgan fingerprint density at radius 2 is 2.11 bits per heavy atom. The summed E-state index contributed by atoms with van der Waals surface area (Å²) in [5.74, 6) is 0. The summed E-state index contributed by atoms with van der Waals surface area (Å²) in [6.07, 6.45) is 6.77. The summed E-state index contributed by atoms with van der Waals surface area (Å²) in [5.41, 5.74) is 3.24. The third kappa shape index (κ3) is 2.76. The third-order valence-electron chi connectivity index (χ3n) is 2.96. The van der Waals surface area contributed by atoms with Gasteiger partial charge in [-0.3, -0.25) is 4.98 Å². The van der Waals surface area contributed by atoms with E-state index < -0.39 is 0 Å². The van der Waals surface area contributed by atoms with Crippen LogP contribution in [0.1, 0.15) is 37.6 Å². The number of aryl methyl sites for hydroxylation is 1. The lowest BCUT2D eigenvalue weighted by Gasteiger charge is -2.15. The topological polar surface area (TPSA) is 42.7 Å². The van der Waals surface area contributed by atoms with E-state index in [1.165, 1.54) is 0 Å². The number of rotatable bonds is 5. The van der Waals surface area contributed by atoms with Crippen LogP contribution in [0.3, 0.4) is 0 Å². The van der Waals surface area contributed by atoms with E-state index in [9.17, 15) is 0 Å². The van der Waals surface area contributed by atoms with Crippen LogP contribution in [0.15, 0.2) is 30.7 Å². The molecule has 2 rings (SSSR count). The zero-order valence-corrected chi connectivity index (χ0v) is 11.2. The Labute approximate surface area is 108 Å². The Kier molecular flexibility index (Phi) is 4.10. The van der Waals surface area contributed by atoms with Crippen molar-refractivity contribution in [2.24, 2.45) is 0 Å². The fourth-order valence-corrected chi connectivity index (χ4v) is 2.00. The first kappa shape index (κ1) is 12.8. The molecule has 1 N–H and O–H groups in total. The van der Waals surface area contributed by atoms with Gasteiger partial charge in [0.05, 0.1) is 23.8 Å². The van der Waals surface area contributed by atoms with Crippen LogP contribution in [0, 0.1) is 6.92 Å². The Morgan fingerprint density at radius 1 is 1.28 bits per heavy atom. The molecule has 1 unspecified atom stereocenters. The molecule has 0 amide bonds. The summed E-state index contributed by atoms with van der Waals surface area (Å²) in [6, 6.07) is 4.47. The van der Waals surface area contributed by atoms with Crippen molar-refractivity contribution in [2.45, 2.75) is 33.2 Å². The van der Waals surface area contributed by atoms with Crippen LogP contribution < -0.4 is 5.32 Å². The van der Waals surface area contributed by atoms with Crippen LogP contribution in [-0.4, -0.2) is 21.3 Å². The molecule has 2 aromatic rings. The van der Waals surface area contributed by atoms with Crippen LogP contribution in [0.2, 0.25) is 0 Å². The predicted molar refractivity (Wildman–Crippen MR) is 72.8 cm³/mol. The molecule has 4 heteroatoms. The second-order valence-electron chi connectivity index (χ2n) is 4.42. The van der Waals surface area contributed by atoms with E-state index in [-0.39, 0.29) is 0 Å². The van der Waals surface area contributed by atoms with Gasteiger partial charge in [0.1, 0.15) is 0 Å². The standard InChI is InChI=1S/C14H20N4/c1-4-13(15-5-2)14-7-6-12(9-16-14)18-10-11(3)8-17-18/h6-10,13,15H,4-5H2,1-3H3. The maximum atomic E-state index is 4.53. The number of nitrogens with one attached hydrogen (secondary N) is 1. The molecule has 4 nitrogen and oxygen atoms in total. The molecule has 0 aliphatic heterocycles. The summed E-state index contributed by atoms with van der Waals surface area (Å²) in [5, 5.41) is 7.71. The minimum Gasteiger partial charge on any atom is -0.309 e. The molecule has 0 aromatic carbocycles. The van der Waals surface area contributed by atoms with E-state index in [1.54, 1.807) is 0 Å². The number of hydrogen-bond donors (Lipinski definition) is 1. The number of hydrogen-bond acceptors (Lipinski definition) is 3. The zero-order valence-electron chi connectivity index (χ0n) is 11.2. The van der Waals surface area contributed by atoms with Gasteiger partial charge in [0.15, 0.2) is 0 Å². The highest BCUT2D eigenvalue weighted by atomic mass is 15.3. The van der Waals surface area contributed by atoms with E-state index in [0.29, 0.717) is 6.04 Å². The molecule has 18 heavy (non-hydrogen) atoms. The molecular weight excluding hydrogens is 224 g/mol. The molecule has 1 atom stereocenters. The number of nitrogens with zero attached hydrogens (tertiary/aromatic N) is 3. The first-order valence-electron chi connectivity index (χ1n) is 6.45. The summed E-state index contributed by atoms with van der Waals surface area (Å²) >= 11 is 0. The minimum absolute atomic E-state index is 0.336. The molecule has 0 fully saturated rings. The van der Waals surface area contributed by atoms with E-state index in [4.69, 9.17) is 0 Å². The Balaban J connectivity index is 2.19. The van der Waals surface area contributed by atoms with E-state index in [1.807, 2.05) is 30.2 Å². The Bertz CT molecular complexity index is 487. The van der Waals surface area contributed by atoms with Gasteiger partial charge in [-0.1, -0.05) is 13.8 Å². The molecule has 2 heterocycles. The SMILES string of the molecule is CCNC(CC)c1ccc(-n2cc(C)cn2)cn1. The monoisotopic (exact) mass is 244 g/mol. The van der Waals surface area contributed by atoms with Crippen molar-refractivity contribution in [3.63, 3.8) is 0 Å². The van der Waals surface area contributed by atoms with Gasteiger partial charge >= 0.3 is 0 Å². The van der Waals surface area contributed by atoms with Crippen molar-refractivity contribution >= 4 is 0 Å². The third-order valence-corrected chi connectivity index (χ3v) is 2.96. The van der Waals surface area contributed by atoms with Crippen molar-refractivity contribution in [1.82, 2.24) is 20.1 Å². The van der Waals surface area contributed by atoms with Crippen molar-refractivity contribution < 1.29 is 0 Å². The van der Waals surface area contributed by atoms with E-state index in [0.717, 1.165) is 29.9 Å². The van der Waals surface area contributed by atoms with E-state index >= 15 is 0 Å². The summed E-state index contributed by atoms with van der Waals surface area (Å²) in [4.78, 5) is 4.53. The molecule has 0 radical (unpaired) electrons. The highest BCUT2D eigenvalue weighted by Gasteiger charge is 2.09. The molecule has 0 spiro atoms. The average molecular weight is 244 g/mol. The van der Waals surface area contributed by atoms with Gasteiger partial charge in [-0.15, -0.1) is 0 Å². The first-order chi connectivity index (χ1) is 8.74. The smallest absolute Gasteiger partial charge is 0.0829 e. The second-order valence-corrected chi connectivity index (χ2v) is 4.42. The average Bonchev–Trinajstić information content (AvgIpc) is 2.83. The van der Waals surface area contributed by atoms with Gasteiger partial charge in [0, 0.05) is 12.2 Å². The Morgan fingerprint density at radius 3 is 2.61 bits per heavy atom. The van der Waals surface area contributed by atoms with E-state index in [2.05, 4.69) is 41.4 Å². The largest absolute Gasteiger partial charge is 0.309 e. The molecule has 0 saturated heterocycles. The second kappa shape index (κ2) is 5.78. The van der Waals surface area contributed by atoms with Crippen molar-refractivity contribution in [3.05, 3.63) is 42.0 Å². The molecule has 0 bridgehead atoms. The molecule has 0 saturated carbocycles. The maximum Gasteiger partial charge on any atom is 0.0829 e. The van der Waals surface area contributed by atoms with Gasteiger partial charge in [0.2, 0.25) is 0 Å². The lowest BCUT2D eigenvalue weighted by atomic mass is 10.1. The maximum absolute atomic E-state index is 4.53. The van der Waals surface area contributed by atoms with Gasteiger partial charge in [-0.25, -0.2) is 4.68 Å². The quantitative estimate of drug-likeness (QED) is 0.879. The first-order valence-corrected chi connectivity index (χ1v) is 6.45.